The van der Waals surface area contributed by atoms with Gasteiger partial charge >= 0.3 is 0 Å². The van der Waals surface area contributed by atoms with Crippen molar-refractivity contribution in [2.24, 2.45) is 11.1 Å². The first-order chi connectivity index (χ1) is 13.4. The monoisotopic (exact) mass is 420 g/mol. The third-order valence-corrected chi connectivity index (χ3v) is 7.45. The normalized spacial score (nSPS) is 24.6. The fourth-order valence-electron chi connectivity index (χ4n) is 4.77. The van der Waals surface area contributed by atoms with Gasteiger partial charge in [-0.1, -0.05) is 35.7 Å². The Morgan fingerprint density at radius 1 is 1.25 bits per heavy atom. The quantitative estimate of drug-likeness (QED) is 0.642. The number of anilines is 2. The van der Waals surface area contributed by atoms with Crippen molar-refractivity contribution >= 4 is 40.5 Å². The van der Waals surface area contributed by atoms with Gasteiger partial charge in [0.05, 0.1) is 22.0 Å². The molecule has 1 atom stereocenters. The highest BCUT2D eigenvalue weighted by atomic mass is 35.5. The van der Waals surface area contributed by atoms with Crippen LogP contribution in [-0.4, -0.2) is 34.8 Å². The summed E-state index contributed by atoms with van der Waals surface area (Å²) in [5, 5.41) is 9.37. The molecule has 1 spiro atoms. The summed E-state index contributed by atoms with van der Waals surface area (Å²) < 4.78 is 0. The number of allylic oxidation sites excluding steroid dienone is 4. The van der Waals surface area contributed by atoms with Crippen molar-refractivity contribution in [3.05, 3.63) is 33.6 Å². The van der Waals surface area contributed by atoms with Crippen LogP contribution in [0.15, 0.2) is 27.9 Å². The second-order valence-electron chi connectivity index (χ2n) is 8.07. The molecule has 0 unspecified atom stereocenters. The molecule has 0 amide bonds. The summed E-state index contributed by atoms with van der Waals surface area (Å²) in [7, 11) is 0. The number of nitrogens with zero attached hydrogens (tertiary/aromatic N) is 3. The summed E-state index contributed by atoms with van der Waals surface area (Å²) >= 11 is 12.4. The average Bonchev–Trinajstić information content (AvgIpc) is 3.04. The van der Waals surface area contributed by atoms with Gasteiger partial charge in [0.1, 0.15) is 11.5 Å². The Morgan fingerprint density at radius 3 is 2.64 bits per heavy atom. The van der Waals surface area contributed by atoms with Crippen molar-refractivity contribution in [1.29, 1.82) is 5.41 Å². The molecule has 0 radical (unpaired) electrons. The van der Waals surface area contributed by atoms with Crippen LogP contribution in [0.4, 0.5) is 11.6 Å². The van der Waals surface area contributed by atoms with Crippen molar-refractivity contribution in [2.75, 3.05) is 23.7 Å². The van der Waals surface area contributed by atoms with E-state index in [9.17, 15) is 0 Å². The van der Waals surface area contributed by atoms with Crippen molar-refractivity contribution < 1.29 is 0 Å². The molecule has 1 saturated carbocycles. The molecule has 150 valence electrons. The lowest BCUT2D eigenvalue weighted by molar-refractivity contribution is 0.197. The zero-order valence-corrected chi connectivity index (χ0v) is 17.4. The number of piperidine rings is 1. The van der Waals surface area contributed by atoms with Crippen LogP contribution in [0.25, 0.3) is 0 Å². The maximum atomic E-state index is 8.49. The van der Waals surface area contributed by atoms with Crippen LogP contribution in [0.1, 0.15) is 50.6 Å². The highest BCUT2D eigenvalue weighted by molar-refractivity contribution is 6.45. The summed E-state index contributed by atoms with van der Waals surface area (Å²) in [6.07, 6.45) is 10.7. The number of nitrogens with one attached hydrogen (secondary N) is 1. The summed E-state index contributed by atoms with van der Waals surface area (Å²) in [4.78, 5) is 11.2. The molecule has 8 heteroatoms. The standard InChI is InChI=1S/C20H26Cl2N6/c21-13-4-1-3-12(16(13)22)17(24)18-19(25)27-15(11-26-18)28-9-7-20(8-10-28)6-2-5-14(20)23/h4,11,14,24H,1-3,5-10,23H2,(H2,25,27)/t14-/m0/s1. The summed E-state index contributed by atoms with van der Waals surface area (Å²) in [5.74, 6) is 1.01. The number of nitrogens with two attached hydrogens (primary N) is 2. The van der Waals surface area contributed by atoms with E-state index in [0.717, 1.165) is 44.6 Å². The van der Waals surface area contributed by atoms with Crippen molar-refractivity contribution in [2.45, 2.75) is 51.0 Å². The molecule has 0 bridgehead atoms. The second kappa shape index (κ2) is 7.65. The Bertz CT molecular complexity index is 854. The highest BCUT2D eigenvalue weighted by Gasteiger charge is 2.43. The minimum atomic E-state index is 0.197. The molecular formula is C20H26Cl2N6. The van der Waals surface area contributed by atoms with E-state index in [1.165, 1.54) is 12.8 Å². The maximum absolute atomic E-state index is 8.49. The first kappa shape index (κ1) is 19.7. The minimum absolute atomic E-state index is 0.197. The molecule has 1 saturated heterocycles. The molecular weight excluding hydrogens is 395 g/mol. The maximum Gasteiger partial charge on any atom is 0.154 e. The number of halogens is 2. The number of nitrogen functional groups attached to an aromatic ring is 1. The Balaban J connectivity index is 1.50. The van der Waals surface area contributed by atoms with Gasteiger partial charge in [-0.25, -0.2) is 9.97 Å². The van der Waals surface area contributed by atoms with Crippen molar-refractivity contribution in [3.8, 4) is 0 Å². The van der Waals surface area contributed by atoms with E-state index in [1.54, 1.807) is 6.20 Å². The zero-order valence-electron chi connectivity index (χ0n) is 15.8. The minimum Gasteiger partial charge on any atom is -0.382 e. The largest absolute Gasteiger partial charge is 0.382 e. The van der Waals surface area contributed by atoms with Gasteiger partial charge in [-0.2, -0.15) is 0 Å². The van der Waals surface area contributed by atoms with Gasteiger partial charge in [0.25, 0.3) is 0 Å². The zero-order chi connectivity index (χ0) is 19.9. The van der Waals surface area contributed by atoms with Crippen LogP contribution in [-0.2, 0) is 0 Å². The molecule has 28 heavy (non-hydrogen) atoms. The van der Waals surface area contributed by atoms with Gasteiger partial charge in [0.2, 0.25) is 0 Å². The predicted octanol–water partition coefficient (Wildman–Crippen LogP) is 3.93. The van der Waals surface area contributed by atoms with E-state index < -0.39 is 0 Å². The predicted molar refractivity (Wildman–Crippen MR) is 115 cm³/mol. The average molecular weight is 421 g/mol. The van der Waals surface area contributed by atoms with Gasteiger partial charge in [-0.15, -0.1) is 0 Å². The Morgan fingerprint density at radius 2 is 2.00 bits per heavy atom. The molecule has 1 aromatic heterocycles. The van der Waals surface area contributed by atoms with Crippen LogP contribution < -0.4 is 16.4 Å². The van der Waals surface area contributed by atoms with Gasteiger partial charge < -0.3 is 16.4 Å². The number of hydrogen-bond donors (Lipinski definition) is 3. The third kappa shape index (κ3) is 3.42. The molecule has 5 N–H and O–H groups in total. The number of rotatable bonds is 3. The van der Waals surface area contributed by atoms with Gasteiger partial charge in [-0.3, -0.25) is 5.41 Å². The van der Waals surface area contributed by atoms with E-state index in [1.807, 2.05) is 6.08 Å². The lowest BCUT2D eigenvalue weighted by Gasteiger charge is -2.42. The Kier molecular flexibility index (Phi) is 5.38. The van der Waals surface area contributed by atoms with E-state index in [2.05, 4.69) is 14.9 Å². The van der Waals surface area contributed by atoms with Crippen molar-refractivity contribution in [3.63, 3.8) is 0 Å². The van der Waals surface area contributed by atoms with Crippen LogP contribution in [0.2, 0.25) is 0 Å². The summed E-state index contributed by atoms with van der Waals surface area (Å²) in [6, 6.07) is 0.322. The first-order valence-electron chi connectivity index (χ1n) is 9.88. The molecule has 2 aliphatic carbocycles. The molecule has 6 nitrogen and oxygen atoms in total. The molecule has 3 aliphatic rings. The molecule has 1 aromatic rings. The van der Waals surface area contributed by atoms with Crippen LogP contribution in [0.3, 0.4) is 0 Å². The lowest BCUT2D eigenvalue weighted by atomic mass is 9.74. The second-order valence-corrected chi connectivity index (χ2v) is 8.85. The molecule has 2 fully saturated rings. The fourth-order valence-corrected chi connectivity index (χ4v) is 5.26. The number of hydrogen-bond acceptors (Lipinski definition) is 6. The van der Waals surface area contributed by atoms with Crippen LogP contribution >= 0.6 is 23.2 Å². The Labute approximate surface area is 175 Å². The van der Waals surface area contributed by atoms with Crippen LogP contribution in [0, 0.1) is 10.8 Å². The highest BCUT2D eigenvalue weighted by Crippen LogP contribution is 2.45. The third-order valence-electron chi connectivity index (χ3n) is 6.58. The van der Waals surface area contributed by atoms with Gasteiger partial charge in [0, 0.05) is 19.1 Å². The molecule has 2 heterocycles. The van der Waals surface area contributed by atoms with E-state index in [0.29, 0.717) is 39.2 Å². The van der Waals surface area contributed by atoms with Crippen LogP contribution in [0.5, 0.6) is 0 Å². The molecule has 0 aromatic carbocycles. The number of aromatic nitrogens is 2. The summed E-state index contributed by atoms with van der Waals surface area (Å²) in [5.41, 5.74) is 14.1. The first-order valence-corrected chi connectivity index (χ1v) is 10.6. The van der Waals surface area contributed by atoms with E-state index >= 15 is 0 Å². The summed E-state index contributed by atoms with van der Waals surface area (Å²) in [6.45, 7) is 1.83. The van der Waals surface area contributed by atoms with E-state index in [4.69, 9.17) is 40.1 Å². The lowest BCUT2D eigenvalue weighted by Crippen LogP contribution is -2.47. The molecule has 1 aliphatic heterocycles. The SMILES string of the molecule is N=C(C1=C(Cl)C(Cl)=CCC1)c1ncc(N2CCC3(CCC[C@@H]3N)CC2)nc1N. The van der Waals surface area contributed by atoms with Gasteiger partial charge in [0.15, 0.2) is 5.82 Å². The smallest absolute Gasteiger partial charge is 0.154 e. The van der Waals surface area contributed by atoms with E-state index in [-0.39, 0.29) is 11.5 Å². The van der Waals surface area contributed by atoms with Gasteiger partial charge in [-0.05, 0) is 49.5 Å². The fraction of sp³-hybridized carbons (Fsp3) is 0.550. The topological polar surface area (TPSA) is 105 Å². The Hall–Kier alpha value is -1.63. The van der Waals surface area contributed by atoms with Crippen molar-refractivity contribution in [1.82, 2.24) is 9.97 Å². The molecule has 4 rings (SSSR count).